The number of rotatable bonds is 6. The summed E-state index contributed by atoms with van der Waals surface area (Å²) in [5.41, 5.74) is 2.14. The molecule has 0 N–H and O–H groups in total. The fourth-order valence-electron chi connectivity index (χ4n) is 3.36. The molecule has 0 amide bonds. The van der Waals surface area contributed by atoms with Gasteiger partial charge in [-0.25, -0.2) is 0 Å². The lowest BCUT2D eigenvalue weighted by Crippen LogP contribution is -2.31. The number of ether oxygens (including phenoxy) is 4. The molecule has 5 nitrogen and oxygen atoms in total. The highest BCUT2D eigenvalue weighted by Gasteiger charge is 2.35. The molecule has 2 aromatic carbocycles. The highest BCUT2D eigenvalue weighted by atomic mass is 16.5. The van der Waals surface area contributed by atoms with E-state index in [-0.39, 0.29) is 12.3 Å². The molecule has 142 valence electrons. The van der Waals surface area contributed by atoms with Crippen LogP contribution in [0.2, 0.25) is 0 Å². The van der Waals surface area contributed by atoms with Crippen LogP contribution in [0.4, 0.5) is 0 Å². The van der Waals surface area contributed by atoms with Gasteiger partial charge in [0.1, 0.15) is 17.2 Å². The van der Waals surface area contributed by atoms with E-state index in [1.54, 1.807) is 21.3 Å². The predicted molar refractivity (Wildman–Crippen MR) is 104 cm³/mol. The van der Waals surface area contributed by atoms with Gasteiger partial charge >= 0.3 is 0 Å². The molecule has 27 heavy (non-hydrogen) atoms. The summed E-state index contributed by atoms with van der Waals surface area (Å²) in [4.78, 5) is 2.23. The van der Waals surface area contributed by atoms with E-state index in [1.165, 1.54) is 5.56 Å². The Morgan fingerprint density at radius 1 is 1.04 bits per heavy atom. The summed E-state index contributed by atoms with van der Waals surface area (Å²) in [6.45, 7) is 2.99. The maximum atomic E-state index is 5.98. The van der Waals surface area contributed by atoms with Gasteiger partial charge in [0, 0.05) is 18.7 Å². The Labute approximate surface area is 160 Å². The Morgan fingerprint density at radius 2 is 1.70 bits per heavy atom. The monoisotopic (exact) mass is 367 g/mol. The molecule has 2 aromatic rings. The van der Waals surface area contributed by atoms with Crippen LogP contribution in [0.15, 0.2) is 42.5 Å². The van der Waals surface area contributed by atoms with Crippen molar-refractivity contribution < 1.29 is 18.9 Å². The molecule has 0 radical (unpaired) electrons. The average Bonchev–Trinajstić information content (AvgIpc) is 3.11. The number of nitrogens with zero attached hydrogens (tertiary/aromatic N) is 1. The van der Waals surface area contributed by atoms with Crippen LogP contribution in [-0.2, 0) is 11.3 Å². The van der Waals surface area contributed by atoms with Crippen molar-refractivity contribution in [2.75, 3.05) is 27.9 Å². The van der Waals surface area contributed by atoms with Gasteiger partial charge in [0.05, 0.1) is 39.5 Å². The van der Waals surface area contributed by atoms with E-state index in [1.807, 2.05) is 37.3 Å². The van der Waals surface area contributed by atoms with E-state index in [0.717, 1.165) is 5.56 Å². The number of benzene rings is 2. The van der Waals surface area contributed by atoms with Gasteiger partial charge < -0.3 is 18.9 Å². The Kier molecular flexibility index (Phi) is 6.23. The lowest BCUT2D eigenvalue weighted by molar-refractivity contribution is 0.0727. The van der Waals surface area contributed by atoms with Crippen molar-refractivity contribution in [3.05, 3.63) is 53.6 Å². The molecular weight excluding hydrogens is 342 g/mol. The van der Waals surface area contributed by atoms with E-state index in [2.05, 4.69) is 28.9 Å². The SMILES string of the molecule is CC#C[C@H]1OC[C@@H](c2ccccc2)N1Cc1c(OC)cc(OC)cc1OC. The second-order valence-electron chi connectivity index (χ2n) is 6.19. The predicted octanol–water partition coefficient (Wildman–Crippen LogP) is 3.64. The minimum absolute atomic E-state index is 0.105. The zero-order valence-electron chi connectivity index (χ0n) is 16.2. The first kappa shape index (κ1) is 19.1. The molecule has 1 fully saturated rings. The second-order valence-corrected chi connectivity index (χ2v) is 6.19. The average molecular weight is 367 g/mol. The zero-order valence-corrected chi connectivity index (χ0v) is 16.2. The lowest BCUT2D eigenvalue weighted by atomic mass is 10.0. The third-order valence-corrected chi connectivity index (χ3v) is 4.72. The molecule has 0 spiro atoms. The summed E-state index contributed by atoms with van der Waals surface area (Å²) < 4.78 is 22.6. The molecule has 0 bridgehead atoms. The first-order chi connectivity index (χ1) is 13.2. The minimum Gasteiger partial charge on any atom is -0.496 e. The summed E-state index contributed by atoms with van der Waals surface area (Å²) in [5, 5.41) is 0. The van der Waals surface area contributed by atoms with Gasteiger partial charge in [0.15, 0.2) is 6.23 Å². The number of hydrogen-bond donors (Lipinski definition) is 0. The minimum atomic E-state index is -0.281. The standard InChI is InChI=1S/C22H25NO4/c1-5-9-22-23(19(15-27-22)16-10-7-6-8-11-16)14-18-20(25-3)12-17(24-2)13-21(18)26-4/h6-8,10-13,19,22H,14-15H2,1-4H3/t19-,22+/m0/s1. The van der Waals surface area contributed by atoms with Gasteiger partial charge in [0.25, 0.3) is 0 Å². The topological polar surface area (TPSA) is 40.2 Å². The highest BCUT2D eigenvalue weighted by Crippen LogP contribution is 2.39. The smallest absolute Gasteiger partial charge is 0.174 e. The molecule has 3 rings (SSSR count). The second kappa shape index (κ2) is 8.81. The van der Waals surface area contributed by atoms with E-state index in [9.17, 15) is 0 Å². The molecular formula is C22H25NO4. The van der Waals surface area contributed by atoms with E-state index >= 15 is 0 Å². The normalized spacial score (nSPS) is 19.3. The van der Waals surface area contributed by atoms with Gasteiger partial charge in [-0.15, -0.1) is 5.92 Å². The molecule has 5 heteroatoms. The molecule has 1 aliphatic rings. The molecule has 2 atom stereocenters. The first-order valence-electron chi connectivity index (χ1n) is 8.85. The first-order valence-corrected chi connectivity index (χ1v) is 8.85. The fraction of sp³-hybridized carbons (Fsp3) is 0.364. The lowest BCUT2D eigenvalue weighted by Gasteiger charge is -2.27. The Hall–Kier alpha value is -2.68. The molecule has 1 saturated heterocycles. The summed E-state index contributed by atoms with van der Waals surface area (Å²) in [5.74, 6) is 8.25. The van der Waals surface area contributed by atoms with Gasteiger partial charge in [0.2, 0.25) is 0 Å². The van der Waals surface area contributed by atoms with E-state index in [4.69, 9.17) is 18.9 Å². The largest absolute Gasteiger partial charge is 0.496 e. The van der Waals surface area contributed by atoms with Gasteiger partial charge in [-0.3, -0.25) is 4.90 Å². The summed E-state index contributed by atoms with van der Waals surface area (Å²) >= 11 is 0. The van der Waals surface area contributed by atoms with Crippen molar-refractivity contribution >= 4 is 0 Å². The maximum Gasteiger partial charge on any atom is 0.174 e. The third kappa shape index (κ3) is 4.02. The van der Waals surface area contributed by atoms with Crippen LogP contribution < -0.4 is 14.2 Å². The van der Waals surface area contributed by atoms with Crippen LogP contribution in [0.5, 0.6) is 17.2 Å². The molecule has 1 aliphatic heterocycles. The maximum absolute atomic E-state index is 5.98. The van der Waals surface area contributed by atoms with Crippen molar-refractivity contribution in [1.82, 2.24) is 4.90 Å². The fourth-order valence-corrected chi connectivity index (χ4v) is 3.36. The van der Waals surface area contributed by atoms with Gasteiger partial charge in [-0.05, 0) is 12.5 Å². The van der Waals surface area contributed by atoms with Crippen LogP contribution in [0.1, 0.15) is 24.1 Å². The summed E-state index contributed by atoms with van der Waals surface area (Å²) in [7, 11) is 4.92. The van der Waals surface area contributed by atoms with Crippen molar-refractivity contribution in [3.8, 4) is 29.1 Å². The molecule has 0 aliphatic carbocycles. The summed E-state index contributed by atoms with van der Waals surface area (Å²) in [6, 6.07) is 14.2. The van der Waals surface area contributed by atoms with Crippen LogP contribution in [0, 0.1) is 11.8 Å². The summed E-state index contributed by atoms with van der Waals surface area (Å²) in [6.07, 6.45) is -0.281. The molecule has 0 aromatic heterocycles. The van der Waals surface area contributed by atoms with Crippen LogP contribution >= 0.6 is 0 Å². The highest BCUT2D eigenvalue weighted by molar-refractivity contribution is 5.51. The van der Waals surface area contributed by atoms with Crippen molar-refractivity contribution in [3.63, 3.8) is 0 Å². The zero-order chi connectivity index (χ0) is 19.2. The van der Waals surface area contributed by atoms with Crippen LogP contribution in [-0.4, -0.2) is 39.1 Å². The molecule has 0 unspecified atom stereocenters. The number of methoxy groups -OCH3 is 3. The quantitative estimate of drug-likeness (QED) is 0.729. The molecule has 0 saturated carbocycles. The Balaban J connectivity index is 2.00. The van der Waals surface area contributed by atoms with Crippen LogP contribution in [0.25, 0.3) is 0 Å². The third-order valence-electron chi connectivity index (χ3n) is 4.72. The number of hydrogen-bond acceptors (Lipinski definition) is 5. The van der Waals surface area contributed by atoms with Crippen molar-refractivity contribution in [2.45, 2.75) is 25.7 Å². The van der Waals surface area contributed by atoms with Gasteiger partial charge in [-0.1, -0.05) is 36.3 Å². The van der Waals surface area contributed by atoms with Crippen molar-refractivity contribution in [1.29, 1.82) is 0 Å². The van der Waals surface area contributed by atoms with Crippen molar-refractivity contribution in [2.24, 2.45) is 0 Å². The Bertz CT molecular complexity index is 800. The van der Waals surface area contributed by atoms with Gasteiger partial charge in [-0.2, -0.15) is 0 Å². The van der Waals surface area contributed by atoms with E-state index < -0.39 is 0 Å². The van der Waals surface area contributed by atoms with Crippen LogP contribution in [0.3, 0.4) is 0 Å². The van der Waals surface area contributed by atoms with E-state index in [0.29, 0.717) is 30.4 Å². The molecule has 1 heterocycles. The Morgan fingerprint density at radius 3 is 2.26 bits per heavy atom.